The number of anilines is 1. The number of carbonyl (C=O) groups is 1. The van der Waals surface area contributed by atoms with Gasteiger partial charge in [0.15, 0.2) is 0 Å². The number of ether oxygens (including phenoxy) is 1. The van der Waals surface area contributed by atoms with Crippen LogP contribution in [0.15, 0.2) is 30.3 Å². The highest BCUT2D eigenvalue weighted by atomic mass is 16.5. The van der Waals surface area contributed by atoms with Gasteiger partial charge in [-0.25, -0.2) is 4.68 Å². The van der Waals surface area contributed by atoms with Crippen molar-refractivity contribution in [1.82, 2.24) is 9.78 Å². The first-order valence-electron chi connectivity index (χ1n) is 6.53. The van der Waals surface area contributed by atoms with Crippen LogP contribution in [0.25, 0.3) is 0 Å². The summed E-state index contributed by atoms with van der Waals surface area (Å²) in [6.45, 7) is 5.95. The number of rotatable bonds is 4. The minimum absolute atomic E-state index is 0.158. The Morgan fingerprint density at radius 3 is 2.50 bits per heavy atom. The van der Waals surface area contributed by atoms with Gasteiger partial charge in [0.05, 0.1) is 12.8 Å². The first kappa shape index (κ1) is 14.1. The molecule has 20 heavy (non-hydrogen) atoms. The number of hydrogen-bond donors (Lipinski definition) is 1. The molecule has 5 heteroatoms. The molecule has 0 unspecified atom stereocenters. The molecular formula is C15H19N3O2. The van der Waals surface area contributed by atoms with E-state index in [1.54, 1.807) is 36.1 Å². The number of carbonyl (C=O) groups excluding carboxylic acids is 1. The average Bonchev–Trinajstić information content (AvgIpc) is 2.80. The molecule has 2 rings (SSSR count). The molecule has 1 aromatic heterocycles. The molecule has 0 saturated carbocycles. The van der Waals surface area contributed by atoms with E-state index in [2.05, 4.69) is 10.4 Å². The molecule has 0 bridgehead atoms. The van der Waals surface area contributed by atoms with Crippen LogP contribution in [0.5, 0.6) is 5.75 Å². The topological polar surface area (TPSA) is 56.1 Å². The van der Waals surface area contributed by atoms with Gasteiger partial charge in [0, 0.05) is 17.7 Å². The zero-order valence-electron chi connectivity index (χ0n) is 12.2. The minimum Gasteiger partial charge on any atom is -0.497 e. The zero-order chi connectivity index (χ0) is 14.7. The Bertz CT molecular complexity index is 600. The van der Waals surface area contributed by atoms with Crippen LogP contribution in [0.2, 0.25) is 0 Å². The van der Waals surface area contributed by atoms with E-state index in [9.17, 15) is 4.79 Å². The SMILES string of the molecule is COc1ccc(C(=O)Nc2cc(C)nn2C(C)C)cc1. The molecule has 106 valence electrons. The van der Waals surface area contributed by atoms with Crippen molar-refractivity contribution in [2.75, 3.05) is 12.4 Å². The van der Waals surface area contributed by atoms with E-state index in [1.807, 2.05) is 26.8 Å². The van der Waals surface area contributed by atoms with E-state index in [1.165, 1.54) is 0 Å². The number of hydrogen-bond acceptors (Lipinski definition) is 3. The lowest BCUT2D eigenvalue weighted by Gasteiger charge is -2.11. The number of methoxy groups -OCH3 is 1. The van der Waals surface area contributed by atoms with E-state index in [4.69, 9.17) is 4.74 Å². The number of nitrogens with zero attached hydrogens (tertiary/aromatic N) is 2. The predicted molar refractivity (Wildman–Crippen MR) is 78.3 cm³/mol. The highest BCUT2D eigenvalue weighted by molar-refractivity contribution is 6.03. The van der Waals surface area contributed by atoms with Crippen molar-refractivity contribution in [3.8, 4) is 5.75 Å². The second-order valence-electron chi connectivity index (χ2n) is 4.89. The van der Waals surface area contributed by atoms with Crippen molar-refractivity contribution in [3.05, 3.63) is 41.6 Å². The van der Waals surface area contributed by atoms with Crippen molar-refractivity contribution >= 4 is 11.7 Å². The van der Waals surface area contributed by atoms with Crippen LogP contribution in [-0.2, 0) is 0 Å². The normalized spacial score (nSPS) is 10.7. The van der Waals surface area contributed by atoms with Crippen molar-refractivity contribution in [2.45, 2.75) is 26.8 Å². The molecule has 0 aliphatic rings. The maximum absolute atomic E-state index is 12.2. The molecule has 1 N–H and O–H groups in total. The molecule has 1 aromatic carbocycles. The first-order chi connectivity index (χ1) is 9.51. The molecule has 0 fully saturated rings. The summed E-state index contributed by atoms with van der Waals surface area (Å²) in [5, 5.41) is 7.25. The summed E-state index contributed by atoms with van der Waals surface area (Å²) in [5.41, 5.74) is 1.46. The summed E-state index contributed by atoms with van der Waals surface area (Å²) in [4.78, 5) is 12.2. The van der Waals surface area contributed by atoms with Crippen LogP contribution >= 0.6 is 0 Å². The van der Waals surface area contributed by atoms with Crippen LogP contribution in [0, 0.1) is 6.92 Å². The number of aromatic nitrogens is 2. The van der Waals surface area contributed by atoms with Gasteiger partial charge in [-0.2, -0.15) is 5.10 Å². The van der Waals surface area contributed by atoms with E-state index < -0.39 is 0 Å². The van der Waals surface area contributed by atoms with Crippen LogP contribution in [0.3, 0.4) is 0 Å². The summed E-state index contributed by atoms with van der Waals surface area (Å²) in [7, 11) is 1.60. The van der Waals surface area contributed by atoms with Gasteiger partial charge < -0.3 is 10.1 Å². The van der Waals surface area contributed by atoms with Gasteiger partial charge >= 0.3 is 0 Å². The Labute approximate surface area is 118 Å². The number of benzene rings is 1. The lowest BCUT2D eigenvalue weighted by atomic mass is 10.2. The summed E-state index contributed by atoms with van der Waals surface area (Å²) in [6.07, 6.45) is 0. The van der Waals surface area contributed by atoms with Crippen molar-refractivity contribution in [1.29, 1.82) is 0 Å². The maximum atomic E-state index is 12.2. The zero-order valence-corrected chi connectivity index (χ0v) is 12.2. The molecule has 1 heterocycles. The molecule has 0 aliphatic carbocycles. The standard InChI is InChI=1S/C15H19N3O2/c1-10(2)18-14(9-11(3)17-18)16-15(19)12-5-7-13(20-4)8-6-12/h5-10H,1-4H3,(H,16,19). The summed E-state index contributed by atoms with van der Waals surface area (Å²) in [6, 6.07) is 9.05. The van der Waals surface area contributed by atoms with Gasteiger partial charge in [0.25, 0.3) is 5.91 Å². The van der Waals surface area contributed by atoms with Crippen molar-refractivity contribution in [3.63, 3.8) is 0 Å². The molecule has 5 nitrogen and oxygen atoms in total. The fraction of sp³-hybridized carbons (Fsp3) is 0.333. The Kier molecular flexibility index (Phi) is 4.08. The van der Waals surface area contributed by atoms with Crippen molar-refractivity contribution in [2.24, 2.45) is 0 Å². The molecule has 0 aliphatic heterocycles. The van der Waals surface area contributed by atoms with E-state index in [0.29, 0.717) is 11.4 Å². The third-order valence-electron chi connectivity index (χ3n) is 2.94. The molecule has 0 radical (unpaired) electrons. The molecule has 0 atom stereocenters. The summed E-state index contributed by atoms with van der Waals surface area (Å²) < 4.78 is 6.88. The smallest absolute Gasteiger partial charge is 0.256 e. The van der Waals surface area contributed by atoms with Crippen LogP contribution < -0.4 is 10.1 Å². The highest BCUT2D eigenvalue weighted by Gasteiger charge is 2.12. The lowest BCUT2D eigenvalue weighted by Crippen LogP contribution is -2.16. The Morgan fingerprint density at radius 2 is 1.95 bits per heavy atom. The highest BCUT2D eigenvalue weighted by Crippen LogP contribution is 2.18. The van der Waals surface area contributed by atoms with E-state index >= 15 is 0 Å². The van der Waals surface area contributed by atoms with Gasteiger partial charge in [0.1, 0.15) is 11.6 Å². The summed E-state index contributed by atoms with van der Waals surface area (Å²) in [5.74, 6) is 1.28. The monoisotopic (exact) mass is 273 g/mol. The third kappa shape index (κ3) is 2.99. The van der Waals surface area contributed by atoms with Gasteiger partial charge in [-0.05, 0) is 45.0 Å². The van der Waals surface area contributed by atoms with E-state index in [0.717, 1.165) is 11.4 Å². The van der Waals surface area contributed by atoms with E-state index in [-0.39, 0.29) is 11.9 Å². The first-order valence-corrected chi connectivity index (χ1v) is 6.53. The molecule has 1 amide bonds. The second-order valence-corrected chi connectivity index (χ2v) is 4.89. The summed E-state index contributed by atoms with van der Waals surface area (Å²) >= 11 is 0. The Hall–Kier alpha value is -2.30. The average molecular weight is 273 g/mol. The predicted octanol–water partition coefficient (Wildman–Crippen LogP) is 3.03. The molecular weight excluding hydrogens is 254 g/mol. The molecule has 0 spiro atoms. The number of nitrogens with one attached hydrogen (secondary N) is 1. The van der Waals surface area contributed by atoms with Crippen LogP contribution in [0.4, 0.5) is 5.82 Å². The van der Waals surface area contributed by atoms with Gasteiger partial charge in [-0.3, -0.25) is 4.79 Å². The fourth-order valence-corrected chi connectivity index (χ4v) is 1.93. The van der Waals surface area contributed by atoms with Gasteiger partial charge in [-0.15, -0.1) is 0 Å². The van der Waals surface area contributed by atoms with Crippen LogP contribution in [0.1, 0.15) is 35.9 Å². The fourth-order valence-electron chi connectivity index (χ4n) is 1.93. The third-order valence-corrected chi connectivity index (χ3v) is 2.94. The van der Waals surface area contributed by atoms with Crippen LogP contribution in [-0.4, -0.2) is 22.8 Å². The Morgan fingerprint density at radius 1 is 1.30 bits per heavy atom. The van der Waals surface area contributed by atoms with Crippen molar-refractivity contribution < 1.29 is 9.53 Å². The largest absolute Gasteiger partial charge is 0.497 e. The quantitative estimate of drug-likeness (QED) is 0.931. The number of amides is 1. The molecule has 0 saturated heterocycles. The lowest BCUT2D eigenvalue weighted by molar-refractivity contribution is 0.102. The number of aryl methyl sites for hydroxylation is 1. The van der Waals surface area contributed by atoms with Gasteiger partial charge in [0.2, 0.25) is 0 Å². The molecule has 2 aromatic rings. The second kappa shape index (κ2) is 5.77. The minimum atomic E-state index is -0.158. The Balaban J connectivity index is 2.18. The van der Waals surface area contributed by atoms with Gasteiger partial charge in [-0.1, -0.05) is 0 Å². The maximum Gasteiger partial charge on any atom is 0.256 e.